The minimum Gasteiger partial charge on any atom is -0.447 e. The molecule has 0 aliphatic heterocycles. The van der Waals surface area contributed by atoms with Gasteiger partial charge in [-0.2, -0.15) is 5.10 Å². The number of hydrogen-bond donors (Lipinski definition) is 1. The molecule has 5 nitrogen and oxygen atoms in total. The van der Waals surface area contributed by atoms with E-state index in [9.17, 15) is 4.79 Å². The Morgan fingerprint density at radius 1 is 1.25 bits per heavy atom. The number of hydrazone groups is 1. The third-order valence-electron chi connectivity index (χ3n) is 2.91. The van der Waals surface area contributed by atoms with Crippen molar-refractivity contribution >= 4 is 39.8 Å². The Morgan fingerprint density at radius 2 is 2.08 bits per heavy atom. The number of carbonyl (C=O) groups is 1. The predicted molar refractivity (Wildman–Crippen MR) is 96.3 cm³/mol. The fraction of sp³-hybridized carbons (Fsp3) is 0. The van der Waals surface area contributed by atoms with Crippen LogP contribution in [-0.4, -0.2) is 17.1 Å². The van der Waals surface area contributed by atoms with Crippen LogP contribution in [0.3, 0.4) is 0 Å². The van der Waals surface area contributed by atoms with Gasteiger partial charge in [-0.05, 0) is 40.2 Å². The predicted octanol–water partition coefficient (Wildman–Crippen LogP) is 4.35. The van der Waals surface area contributed by atoms with E-state index in [4.69, 9.17) is 4.42 Å². The van der Waals surface area contributed by atoms with E-state index in [1.54, 1.807) is 24.4 Å². The van der Waals surface area contributed by atoms with E-state index in [1.807, 2.05) is 30.3 Å². The molecule has 0 aliphatic carbocycles. The summed E-state index contributed by atoms with van der Waals surface area (Å²) in [5.74, 6) is 0.204. The lowest BCUT2D eigenvalue weighted by molar-refractivity contribution is 0.0954. The SMILES string of the molecule is O=C(N/N=C\c1cc(Br)c(Sc2ccccc2)o1)c1cccnc1. The number of nitrogens with zero attached hydrogens (tertiary/aromatic N) is 2. The number of nitrogens with one attached hydrogen (secondary N) is 1. The zero-order valence-electron chi connectivity index (χ0n) is 12.3. The molecule has 1 amide bonds. The van der Waals surface area contributed by atoms with Crippen LogP contribution >= 0.6 is 27.7 Å². The Labute approximate surface area is 151 Å². The van der Waals surface area contributed by atoms with Crippen molar-refractivity contribution in [3.05, 3.63) is 76.7 Å². The molecular formula is C17H12BrN3O2S. The van der Waals surface area contributed by atoms with Crippen molar-refractivity contribution in [1.29, 1.82) is 0 Å². The van der Waals surface area contributed by atoms with E-state index in [-0.39, 0.29) is 5.91 Å². The van der Waals surface area contributed by atoms with Crippen molar-refractivity contribution in [2.24, 2.45) is 5.10 Å². The summed E-state index contributed by atoms with van der Waals surface area (Å²) in [6, 6.07) is 15.1. The molecular weight excluding hydrogens is 390 g/mol. The van der Waals surface area contributed by atoms with Crippen molar-refractivity contribution in [2.45, 2.75) is 9.99 Å². The summed E-state index contributed by atoms with van der Waals surface area (Å²) in [6.07, 6.45) is 4.53. The van der Waals surface area contributed by atoms with Crippen LogP contribution in [0.25, 0.3) is 0 Å². The highest BCUT2D eigenvalue weighted by Gasteiger charge is 2.10. The maximum atomic E-state index is 11.8. The van der Waals surface area contributed by atoms with Gasteiger partial charge in [0.1, 0.15) is 5.76 Å². The molecule has 0 spiro atoms. The van der Waals surface area contributed by atoms with Gasteiger partial charge in [0.05, 0.1) is 16.3 Å². The van der Waals surface area contributed by atoms with Crippen LogP contribution in [0.5, 0.6) is 0 Å². The van der Waals surface area contributed by atoms with Crippen LogP contribution in [0.15, 0.2) is 84.9 Å². The van der Waals surface area contributed by atoms with Crippen LogP contribution < -0.4 is 5.43 Å². The summed E-state index contributed by atoms with van der Waals surface area (Å²) in [5.41, 5.74) is 2.87. The van der Waals surface area contributed by atoms with Crippen LogP contribution in [-0.2, 0) is 0 Å². The van der Waals surface area contributed by atoms with E-state index in [1.165, 1.54) is 24.2 Å². The molecule has 7 heteroatoms. The summed E-state index contributed by atoms with van der Waals surface area (Å²) in [5, 5.41) is 4.63. The lowest BCUT2D eigenvalue weighted by Crippen LogP contribution is -2.17. The number of hydrogen-bond acceptors (Lipinski definition) is 5. The van der Waals surface area contributed by atoms with Crippen LogP contribution in [0.4, 0.5) is 0 Å². The van der Waals surface area contributed by atoms with Gasteiger partial charge in [0.2, 0.25) is 0 Å². The molecule has 0 saturated heterocycles. The Balaban J connectivity index is 1.64. The average molecular weight is 402 g/mol. The fourth-order valence-electron chi connectivity index (χ4n) is 1.81. The maximum Gasteiger partial charge on any atom is 0.272 e. The van der Waals surface area contributed by atoms with Crippen LogP contribution in [0.2, 0.25) is 0 Å². The largest absolute Gasteiger partial charge is 0.447 e. The first-order valence-electron chi connectivity index (χ1n) is 6.98. The molecule has 1 aromatic carbocycles. The number of aromatic nitrogens is 1. The van der Waals surface area contributed by atoms with Crippen LogP contribution in [0, 0.1) is 0 Å². The molecule has 3 rings (SSSR count). The summed E-state index contributed by atoms with van der Waals surface area (Å²) >= 11 is 4.96. The van der Waals surface area contributed by atoms with Gasteiger partial charge in [0.15, 0.2) is 5.09 Å². The molecule has 0 aliphatic rings. The third kappa shape index (κ3) is 4.33. The number of furan rings is 1. The third-order valence-corrected chi connectivity index (χ3v) is 4.76. The monoisotopic (exact) mass is 401 g/mol. The second kappa shape index (κ2) is 7.94. The number of pyridine rings is 1. The van der Waals surface area contributed by atoms with E-state index < -0.39 is 0 Å². The normalized spacial score (nSPS) is 10.9. The van der Waals surface area contributed by atoms with Crippen molar-refractivity contribution in [1.82, 2.24) is 10.4 Å². The first kappa shape index (κ1) is 16.5. The molecule has 0 fully saturated rings. The van der Waals surface area contributed by atoms with Crippen molar-refractivity contribution in [3.8, 4) is 0 Å². The van der Waals surface area contributed by atoms with E-state index in [0.29, 0.717) is 11.3 Å². The molecule has 1 N–H and O–H groups in total. The average Bonchev–Trinajstić information content (AvgIpc) is 2.96. The summed E-state index contributed by atoms with van der Waals surface area (Å²) in [7, 11) is 0. The maximum absolute atomic E-state index is 11.8. The van der Waals surface area contributed by atoms with Crippen LogP contribution in [0.1, 0.15) is 16.1 Å². The number of carbonyl (C=O) groups excluding carboxylic acids is 1. The van der Waals surface area contributed by atoms with Gasteiger partial charge in [-0.15, -0.1) is 0 Å². The number of rotatable bonds is 5. The molecule has 3 aromatic rings. The first-order valence-corrected chi connectivity index (χ1v) is 8.59. The minimum absolute atomic E-state index is 0.330. The Kier molecular flexibility index (Phi) is 5.45. The molecule has 2 heterocycles. The van der Waals surface area contributed by atoms with Gasteiger partial charge in [-0.25, -0.2) is 5.43 Å². The first-order chi connectivity index (χ1) is 11.7. The number of amides is 1. The van der Waals surface area contributed by atoms with Gasteiger partial charge in [-0.1, -0.05) is 30.0 Å². The lowest BCUT2D eigenvalue weighted by atomic mass is 10.3. The highest BCUT2D eigenvalue weighted by Crippen LogP contribution is 2.35. The smallest absolute Gasteiger partial charge is 0.272 e. The van der Waals surface area contributed by atoms with Crippen molar-refractivity contribution in [3.63, 3.8) is 0 Å². The molecule has 2 aromatic heterocycles. The Morgan fingerprint density at radius 3 is 2.83 bits per heavy atom. The summed E-state index contributed by atoms with van der Waals surface area (Å²) in [4.78, 5) is 16.8. The van der Waals surface area contributed by atoms with Gasteiger partial charge in [-0.3, -0.25) is 9.78 Å². The highest BCUT2D eigenvalue weighted by molar-refractivity contribution is 9.10. The molecule has 0 saturated carbocycles. The fourth-order valence-corrected chi connectivity index (χ4v) is 3.16. The Bertz CT molecular complexity index is 851. The molecule has 120 valence electrons. The Hall–Kier alpha value is -2.38. The standard InChI is InChI=1S/C17H12BrN3O2S/c18-15-9-13(23-17(15)24-14-6-2-1-3-7-14)11-20-21-16(22)12-5-4-8-19-10-12/h1-11H,(H,21,22)/b20-11-. The van der Waals surface area contributed by atoms with Gasteiger partial charge in [0, 0.05) is 23.4 Å². The second-order valence-corrected chi connectivity index (χ2v) is 6.54. The van der Waals surface area contributed by atoms with E-state index in [2.05, 4.69) is 31.4 Å². The highest BCUT2D eigenvalue weighted by atomic mass is 79.9. The van der Waals surface area contributed by atoms with Gasteiger partial charge in [0.25, 0.3) is 5.91 Å². The molecule has 0 radical (unpaired) electrons. The van der Waals surface area contributed by atoms with E-state index in [0.717, 1.165) is 14.5 Å². The zero-order valence-corrected chi connectivity index (χ0v) is 14.8. The van der Waals surface area contributed by atoms with Crippen molar-refractivity contribution < 1.29 is 9.21 Å². The minimum atomic E-state index is -0.330. The van der Waals surface area contributed by atoms with Gasteiger partial charge < -0.3 is 4.42 Å². The number of halogens is 1. The van der Waals surface area contributed by atoms with E-state index >= 15 is 0 Å². The molecule has 24 heavy (non-hydrogen) atoms. The zero-order chi connectivity index (χ0) is 16.8. The quantitative estimate of drug-likeness (QED) is 0.509. The number of benzene rings is 1. The molecule has 0 atom stereocenters. The topological polar surface area (TPSA) is 67.5 Å². The lowest BCUT2D eigenvalue weighted by Gasteiger charge is -1.98. The summed E-state index contributed by atoms with van der Waals surface area (Å²) < 4.78 is 6.54. The summed E-state index contributed by atoms with van der Waals surface area (Å²) in [6.45, 7) is 0. The molecule has 0 unspecified atom stereocenters. The second-order valence-electron chi connectivity index (χ2n) is 4.64. The van der Waals surface area contributed by atoms with Crippen molar-refractivity contribution in [2.75, 3.05) is 0 Å². The van der Waals surface area contributed by atoms with Gasteiger partial charge >= 0.3 is 0 Å². The molecule has 0 bridgehead atoms.